The van der Waals surface area contributed by atoms with E-state index in [4.69, 9.17) is 0 Å². The summed E-state index contributed by atoms with van der Waals surface area (Å²) in [7, 11) is -8.95. The summed E-state index contributed by atoms with van der Waals surface area (Å²) in [5, 5.41) is 2.74. The summed E-state index contributed by atoms with van der Waals surface area (Å²) in [6.45, 7) is 8.09. The SMILES string of the molecule is CCCc1cc2ccccc2c(S(=O)(=O)[O-])c1CCC.CCCc1cc2ccccc2c(S(=O)(=O)[O-])c1CCC.[Ca+2]. The Kier molecular flexibility index (Phi) is 13.8. The van der Waals surface area contributed by atoms with Crippen LogP contribution in [0.2, 0.25) is 0 Å². The van der Waals surface area contributed by atoms with Gasteiger partial charge in [-0.05, 0) is 69.5 Å². The molecule has 4 aromatic carbocycles. The Bertz CT molecular complexity index is 1570. The number of rotatable bonds is 10. The Morgan fingerprint density at radius 3 is 1.15 bits per heavy atom. The molecule has 6 nitrogen and oxygen atoms in total. The van der Waals surface area contributed by atoms with E-state index in [1.807, 2.05) is 50.2 Å². The molecule has 0 saturated heterocycles. The van der Waals surface area contributed by atoms with Gasteiger partial charge in [0.05, 0.1) is 9.79 Å². The van der Waals surface area contributed by atoms with Crippen molar-refractivity contribution in [3.05, 3.63) is 82.9 Å². The maximum absolute atomic E-state index is 11.7. The van der Waals surface area contributed by atoms with Crippen molar-refractivity contribution in [1.82, 2.24) is 0 Å². The fourth-order valence-electron chi connectivity index (χ4n) is 5.43. The predicted molar refractivity (Wildman–Crippen MR) is 166 cm³/mol. The normalized spacial score (nSPS) is 11.7. The number of benzene rings is 4. The molecular formula is C32H38CaO6S2. The smallest absolute Gasteiger partial charge is 0.744 e. The van der Waals surface area contributed by atoms with Crippen LogP contribution >= 0.6 is 0 Å². The molecule has 0 bridgehead atoms. The summed E-state index contributed by atoms with van der Waals surface area (Å²) >= 11 is 0. The molecule has 41 heavy (non-hydrogen) atoms. The first-order valence-electron chi connectivity index (χ1n) is 14.0. The summed E-state index contributed by atoms with van der Waals surface area (Å²) in [6, 6.07) is 18.5. The van der Waals surface area contributed by atoms with Crippen molar-refractivity contribution in [1.29, 1.82) is 0 Å². The van der Waals surface area contributed by atoms with Crippen LogP contribution in [-0.4, -0.2) is 63.7 Å². The Morgan fingerprint density at radius 2 is 0.854 bits per heavy atom. The first-order chi connectivity index (χ1) is 19.0. The van der Waals surface area contributed by atoms with Crippen LogP contribution in [0.1, 0.15) is 75.6 Å². The third-order valence-corrected chi connectivity index (χ3v) is 8.87. The van der Waals surface area contributed by atoms with Crippen LogP contribution in [0.15, 0.2) is 70.5 Å². The number of hydrogen-bond acceptors (Lipinski definition) is 6. The van der Waals surface area contributed by atoms with E-state index in [2.05, 4.69) is 13.8 Å². The van der Waals surface area contributed by atoms with E-state index >= 15 is 0 Å². The molecule has 0 unspecified atom stereocenters. The second kappa shape index (κ2) is 15.8. The van der Waals surface area contributed by atoms with Crippen molar-refractivity contribution in [2.75, 3.05) is 0 Å². The monoisotopic (exact) mass is 622 g/mol. The minimum Gasteiger partial charge on any atom is -0.744 e. The van der Waals surface area contributed by atoms with Gasteiger partial charge in [0.15, 0.2) is 0 Å². The molecule has 9 heteroatoms. The van der Waals surface area contributed by atoms with Crippen LogP contribution in [0, 0.1) is 0 Å². The maximum atomic E-state index is 11.7. The zero-order chi connectivity index (χ0) is 29.5. The molecule has 0 atom stereocenters. The molecule has 4 aromatic rings. The van der Waals surface area contributed by atoms with E-state index in [0.717, 1.165) is 60.4 Å². The van der Waals surface area contributed by atoms with Gasteiger partial charge in [-0.25, -0.2) is 16.8 Å². The fourth-order valence-corrected chi connectivity index (χ4v) is 7.41. The molecule has 0 fully saturated rings. The molecule has 0 radical (unpaired) electrons. The average Bonchev–Trinajstić information content (AvgIpc) is 2.88. The maximum Gasteiger partial charge on any atom is 2.00 e. The zero-order valence-corrected chi connectivity index (χ0v) is 28.2. The minimum absolute atomic E-state index is 0. The van der Waals surface area contributed by atoms with Gasteiger partial charge in [0.2, 0.25) is 0 Å². The number of fused-ring (bicyclic) bond motifs is 2. The molecular weight excluding hydrogens is 585 g/mol. The van der Waals surface area contributed by atoms with Crippen molar-refractivity contribution in [2.45, 2.75) is 88.9 Å². The van der Waals surface area contributed by atoms with Crippen LogP contribution in [0.25, 0.3) is 21.5 Å². The topological polar surface area (TPSA) is 114 Å². The Labute approximate surface area is 275 Å². The summed E-state index contributed by atoms with van der Waals surface area (Å²) in [6.07, 6.45) is 6.31. The third-order valence-electron chi connectivity index (χ3n) is 6.93. The van der Waals surface area contributed by atoms with Gasteiger partial charge in [0.1, 0.15) is 20.2 Å². The van der Waals surface area contributed by atoms with E-state index in [1.165, 1.54) is 0 Å². The second-order valence-electron chi connectivity index (χ2n) is 10.0. The van der Waals surface area contributed by atoms with Crippen molar-refractivity contribution in [3.63, 3.8) is 0 Å². The molecule has 0 heterocycles. The largest absolute Gasteiger partial charge is 2.00 e. The predicted octanol–water partition coefficient (Wildman–Crippen LogP) is 6.92. The molecule has 0 N–H and O–H groups in total. The van der Waals surface area contributed by atoms with Crippen LogP contribution in [0.5, 0.6) is 0 Å². The van der Waals surface area contributed by atoms with Crippen LogP contribution in [-0.2, 0) is 45.9 Å². The molecule has 0 aromatic heterocycles. The summed E-state index contributed by atoms with van der Waals surface area (Å²) < 4.78 is 70.5. The summed E-state index contributed by atoms with van der Waals surface area (Å²) in [4.78, 5) is -0.0261. The third kappa shape index (κ3) is 8.75. The molecule has 0 spiro atoms. The number of aryl methyl sites for hydroxylation is 2. The van der Waals surface area contributed by atoms with Crippen LogP contribution in [0.3, 0.4) is 0 Å². The molecule has 0 saturated carbocycles. The zero-order valence-electron chi connectivity index (χ0n) is 24.4. The first kappa shape index (κ1) is 35.7. The van der Waals surface area contributed by atoms with Crippen molar-refractivity contribution in [3.8, 4) is 0 Å². The van der Waals surface area contributed by atoms with E-state index < -0.39 is 20.2 Å². The molecule has 0 aliphatic heterocycles. The van der Waals surface area contributed by atoms with E-state index in [-0.39, 0.29) is 47.5 Å². The summed E-state index contributed by atoms with van der Waals surface area (Å²) in [5.74, 6) is 0. The Morgan fingerprint density at radius 1 is 0.537 bits per heavy atom. The number of hydrogen-bond donors (Lipinski definition) is 0. The van der Waals surface area contributed by atoms with Gasteiger partial charge >= 0.3 is 37.7 Å². The quantitative estimate of drug-likeness (QED) is 0.140. The summed E-state index contributed by atoms with van der Waals surface area (Å²) in [5.41, 5.74) is 3.40. The molecule has 0 aliphatic rings. The van der Waals surface area contributed by atoms with Gasteiger partial charge in [-0.3, -0.25) is 0 Å². The van der Waals surface area contributed by atoms with Gasteiger partial charge in [0, 0.05) is 0 Å². The first-order valence-corrected chi connectivity index (χ1v) is 16.8. The molecule has 0 aliphatic carbocycles. The van der Waals surface area contributed by atoms with Gasteiger partial charge in [-0.1, -0.05) is 114 Å². The van der Waals surface area contributed by atoms with Crippen molar-refractivity contribution < 1.29 is 25.9 Å². The van der Waals surface area contributed by atoms with Crippen molar-refractivity contribution in [2.24, 2.45) is 0 Å². The molecule has 216 valence electrons. The van der Waals surface area contributed by atoms with Gasteiger partial charge in [-0.15, -0.1) is 0 Å². The van der Waals surface area contributed by atoms with E-state index in [1.54, 1.807) is 24.3 Å². The van der Waals surface area contributed by atoms with E-state index in [9.17, 15) is 25.9 Å². The average molecular weight is 623 g/mol. The van der Waals surface area contributed by atoms with Gasteiger partial charge in [0.25, 0.3) is 0 Å². The Hall–Kier alpha value is -1.52. The minimum atomic E-state index is -4.47. The van der Waals surface area contributed by atoms with Crippen molar-refractivity contribution >= 4 is 79.5 Å². The standard InChI is InChI=1S/2C16H20O3S.Ca/c2*1-3-7-12-11-13-9-5-6-10-15(13)16(20(17,18)19)14(12)8-4-2;/h2*5-6,9-11H,3-4,7-8H2,1-2H3,(H,17,18,19);/q;;+2/p-2. The molecule has 4 rings (SSSR count). The van der Waals surface area contributed by atoms with Crippen LogP contribution < -0.4 is 0 Å². The van der Waals surface area contributed by atoms with E-state index in [0.29, 0.717) is 34.7 Å². The van der Waals surface area contributed by atoms with Gasteiger partial charge < -0.3 is 9.11 Å². The van der Waals surface area contributed by atoms with Gasteiger partial charge in [-0.2, -0.15) is 0 Å². The second-order valence-corrected chi connectivity index (χ2v) is 12.7. The van der Waals surface area contributed by atoms with Crippen LogP contribution in [0.4, 0.5) is 0 Å². The fraction of sp³-hybridized carbons (Fsp3) is 0.375. The Balaban J connectivity index is 0.000000280. The molecule has 0 amide bonds.